The highest BCUT2D eigenvalue weighted by Crippen LogP contribution is 2.30. The van der Waals surface area contributed by atoms with Crippen LogP contribution in [0.15, 0.2) is 29.2 Å². The van der Waals surface area contributed by atoms with Crippen LogP contribution in [0.25, 0.3) is 0 Å². The van der Waals surface area contributed by atoms with E-state index < -0.39 is 0 Å². The molecule has 5 heterocycles. The number of piperidine rings is 1. The van der Waals surface area contributed by atoms with Gasteiger partial charge in [0.15, 0.2) is 0 Å². The van der Waals surface area contributed by atoms with Crippen LogP contribution in [0.2, 0.25) is 0 Å². The molecule has 6 nitrogen and oxygen atoms in total. The fraction of sp³-hybridized carbons (Fsp3) is 0.471. The molecule has 7 heteroatoms. The van der Waals surface area contributed by atoms with Crippen LogP contribution in [0.5, 0.6) is 0 Å². The molecule has 126 valence electrons. The second-order valence-corrected chi connectivity index (χ2v) is 7.42. The summed E-state index contributed by atoms with van der Waals surface area (Å²) in [6.07, 6.45) is 3.87. The van der Waals surface area contributed by atoms with Crippen molar-refractivity contribution in [1.82, 2.24) is 19.8 Å². The van der Waals surface area contributed by atoms with Crippen molar-refractivity contribution in [3.63, 3.8) is 0 Å². The van der Waals surface area contributed by atoms with Crippen molar-refractivity contribution < 1.29 is 4.79 Å². The van der Waals surface area contributed by atoms with Gasteiger partial charge in [-0.25, -0.2) is 9.97 Å². The highest BCUT2D eigenvalue weighted by molar-refractivity contribution is 7.07. The first-order valence-corrected chi connectivity index (χ1v) is 9.25. The quantitative estimate of drug-likeness (QED) is 0.921. The van der Waals surface area contributed by atoms with Gasteiger partial charge >= 0.3 is 0 Å². The molecule has 3 saturated heterocycles. The monoisotopic (exact) mass is 343 g/mol. The molecule has 0 aromatic carbocycles. The largest absolute Gasteiger partial charge is 0.384 e. The van der Waals surface area contributed by atoms with Gasteiger partial charge in [0.1, 0.15) is 5.82 Å². The second kappa shape index (κ2) is 6.49. The smallest absolute Gasteiger partial charge is 0.254 e. The number of carbonyl (C=O) groups excluding carboxylic acids is 1. The Morgan fingerprint density at radius 2 is 2.21 bits per heavy atom. The summed E-state index contributed by atoms with van der Waals surface area (Å²) in [5.74, 6) is 1.01. The van der Waals surface area contributed by atoms with Gasteiger partial charge in [0, 0.05) is 49.4 Å². The van der Waals surface area contributed by atoms with E-state index >= 15 is 0 Å². The Labute approximate surface area is 145 Å². The fourth-order valence-electron chi connectivity index (χ4n) is 3.85. The maximum Gasteiger partial charge on any atom is 0.254 e. The third-order valence-electron chi connectivity index (χ3n) is 4.95. The normalized spacial score (nSPS) is 24.1. The van der Waals surface area contributed by atoms with Gasteiger partial charge in [-0.1, -0.05) is 0 Å². The lowest BCUT2D eigenvalue weighted by Gasteiger charge is -2.36. The number of aromatic nitrogens is 2. The number of hydrogen-bond donors (Lipinski definition) is 1. The van der Waals surface area contributed by atoms with Gasteiger partial charge in [0.2, 0.25) is 0 Å². The molecule has 0 aliphatic carbocycles. The Kier molecular flexibility index (Phi) is 4.20. The lowest BCUT2D eigenvalue weighted by Crippen LogP contribution is -2.47. The van der Waals surface area contributed by atoms with Crippen LogP contribution >= 0.6 is 11.3 Å². The van der Waals surface area contributed by atoms with E-state index in [1.807, 2.05) is 10.4 Å². The van der Waals surface area contributed by atoms with Gasteiger partial charge < -0.3 is 10.6 Å². The number of nitrogens with zero attached hydrogens (tertiary/aromatic N) is 4. The summed E-state index contributed by atoms with van der Waals surface area (Å²) in [4.78, 5) is 25.8. The molecular formula is C17H21N5OS. The molecule has 2 aromatic rings. The molecule has 0 spiro atoms. The summed E-state index contributed by atoms with van der Waals surface area (Å²) in [6.45, 7) is 3.66. The molecule has 3 aliphatic heterocycles. The SMILES string of the molecule is Nc1cc(C(=O)N2C[C@H]3CC[C@@H]2CN(Cc2cscn2)C3)ccn1. The molecule has 5 rings (SSSR count). The number of hydrogen-bond acceptors (Lipinski definition) is 6. The topological polar surface area (TPSA) is 75.4 Å². The Morgan fingerprint density at radius 1 is 1.29 bits per heavy atom. The molecule has 0 saturated carbocycles. The number of nitrogens with two attached hydrogens (primary N) is 1. The van der Waals surface area contributed by atoms with Crippen LogP contribution in [0.3, 0.4) is 0 Å². The number of amides is 1. The molecule has 0 unspecified atom stereocenters. The van der Waals surface area contributed by atoms with Crippen LogP contribution in [0.1, 0.15) is 28.9 Å². The molecule has 2 bridgehead atoms. The zero-order valence-corrected chi connectivity index (χ0v) is 14.3. The van der Waals surface area contributed by atoms with Crippen molar-refractivity contribution >= 4 is 23.1 Å². The number of nitrogen functional groups attached to an aromatic ring is 1. The van der Waals surface area contributed by atoms with Crippen molar-refractivity contribution in [2.75, 3.05) is 25.4 Å². The van der Waals surface area contributed by atoms with Crippen LogP contribution < -0.4 is 5.73 Å². The van der Waals surface area contributed by atoms with Gasteiger partial charge in [-0.05, 0) is 30.9 Å². The first kappa shape index (κ1) is 15.5. The van der Waals surface area contributed by atoms with Crippen molar-refractivity contribution in [2.24, 2.45) is 5.92 Å². The van der Waals surface area contributed by atoms with Crippen molar-refractivity contribution in [3.8, 4) is 0 Å². The Balaban J connectivity index is 1.51. The first-order chi connectivity index (χ1) is 11.7. The Bertz CT molecular complexity index is 720. The summed E-state index contributed by atoms with van der Waals surface area (Å²) < 4.78 is 0. The summed E-state index contributed by atoms with van der Waals surface area (Å²) in [5.41, 5.74) is 9.38. The third kappa shape index (κ3) is 3.14. The molecule has 1 amide bonds. The number of pyridine rings is 1. The van der Waals surface area contributed by atoms with Gasteiger partial charge in [0.05, 0.1) is 11.2 Å². The standard InChI is InChI=1S/C17H21N5OS/c18-16-5-13(3-4-19-16)17(23)22-7-12-1-2-15(22)9-21(6-12)8-14-10-24-11-20-14/h3-5,10-12,15H,1-2,6-9H2,(H2,18,19)/t12-,15+/m0/s1. The van der Waals surface area contributed by atoms with Crippen molar-refractivity contribution in [3.05, 3.63) is 40.5 Å². The minimum absolute atomic E-state index is 0.0781. The molecular weight excluding hydrogens is 322 g/mol. The zero-order valence-electron chi connectivity index (χ0n) is 13.5. The predicted molar refractivity (Wildman–Crippen MR) is 93.6 cm³/mol. The van der Waals surface area contributed by atoms with Crippen LogP contribution in [-0.2, 0) is 6.54 Å². The number of fused-ring (bicyclic) bond motifs is 4. The van der Waals surface area contributed by atoms with Gasteiger partial charge in [-0.3, -0.25) is 9.69 Å². The van der Waals surface area contributed by atoms with E-state index in [0.717, 1.165) is 38.3 Å². The molecule has 3 aliphatic rings. The highest BCUT2D eigenvalue weighted by atomic mass is 32.1. The second-order valence-electron chi connectivity index (χ2n) is 6.70. The van der Waals surface area contributed by atoms with Gasteiger partial charge in [0.25, 0.3) is 5.91 Å². The Hall–Kier alpha value is -1.99. The lowest BCUT2D eigenvalue weighted by atomic mass is 9.94. The predicted octanol–water partition coefficient (Wildman–Crippen LogP) is 1.86. The number of anilines is 1. The number of carbonyl (C=O) groups is 1. The van der Waals surface area contributed by atoms with E-state index in [1.165, 1.54) is 6.42 Å². The van der Waals surface area contributed by atoms with Gasteiger partial charge in [-0.15, -0.1) is 11.3 Å². The van der Waals surface area contributed by atoms with Crippen LogP contribution in [0.4, 0.5) is 5.82 Å². The fourth-order valence-corrected chi connectivity index (χ4v) is 4.40. The zero-order chi connectivity index (χ0) is 16.5. The molecule has 2 aromatic heterocycles. The average Bonchev–Trinajstić information content (AvgIpc) is 2.93. The van der Waals surface area contributed by atoms with Crippen LogP contribution in [0, 0.1) is 5.92 Å². The first-order valence-electron chi connectivity index (χ1n) is 8.31. The summed E-state index contributed by atoms with van der Waals surface area (Å²) >= 11 is 1.63. The average molecular weight is 343 g/mol. The van der Waals surface area contributed by atoms with Crippen molar-refractivity contribution in [1.29, 1.82) is 0 Å². The Morgan fingerprint density at radius 3 is 3.00 bits per heavy atom. The van der Waals surface area contributed by atoms with Gasteiger partial charge in [-0.2, -0.15) is 0 Å². The third-order valence-corrected chi connectivity index (χ3v) is 5.58. The summed E-state index contributed by atoms with van der Waals surface area (Å²) in [6, 6.07) is 3.70. The summed E-state index contributed by atoms with van der Waals surface area (Å²) in [7, 11) is 0. The van der Waals surface area contributed by atoms with E-state index in [0.29, 0.717) is 17.3 Å². The molecule has 24 heavy (non-hydrogen) atoms. The maximum absolute atomic E-state index is 12.9. The minimum atomic E-state index is 0.0781. The minimum Gasteiger partial charge on any atom is -0.384 e. The highest BCUT2D eigenvalue weighted by Gasteiger charge is 2.37. The van der Waals surface area contributed by atoms with E-state index in [4.69, 9.17) is 5.73 Å². The summed E-state index contributed by atoms with van der Waals surface area (Å²) in [5, 5.41) is 2.11. The van der Waals surface area contributed by atoms with E-state index in [9.17, 15) is 4.79 Å². The van der Waals surface area contributed by atoms with Crippen molar-refractivity contribution in [2.45, 2.75) is 25.4 Å². The number of rotatable bonds is 3. The molecule has 0 radical (unpaired) electrons. The maximum atomic E-state index is 12.9. The lowest BCUT2D eigenvalue weighted by molar-refractivity contribution is 0.0585. The molecule has 3 fully saturated rings. The van der Waals surface area contributed by atoms with E-state index in [-0.39, 0.29) is 11.9 Å². The molecule has 2 atom stereocenters. The molecule has 2 N–H and O–H groups in total. The van der Waals surface area contributed by atoms with E-state index in [2.05, 4.69) is 20.2 Å². The number of thiazole rings is 1. The van der Waals surface area contributed by atoms with Crippen LogP contribution in [-0.4, -0.2) is 51.4 Å². The van der Waals surface area contributed by atoms with E-state index in [1.54, 1.807) is 29.7 Å².